The average molecular weight is 98.4 g/mol. The van der Waals surface area contributed by atoms with Crippen molar-refractivity contribution in [1.29, 1.82) is 0 Å². The van der Waals surface area contributed by atoms with Crippen molar-refractivity contribution in [3.63, 3.8) is 0 Å². The fourth-order valence-corrected chi connectivity index (χ4v) is 0. The van der Waals surface area contributed by atoms with Gasteiger partial charge in [-0.3, -0.25) is 0 Å². The monoisotopic (exact) mass is 98.1 g/mol. The van der Waals surface area contributed by atoms with Crippen LogP contribution in [0.15, 0.2) is 0 Å². The van der Waals surface area contributed by atoms with Crippen molar-refractivity contribution in [3.05, 3.63) is 14.0 Å². The molecule has 0 aromatic heterocycles. The molecule has 0 fully saturated rings. The molecule has 1 nitrogen and oxygen atoms in total. The van der Waals surface area contributed by atoms with Crippen LogP contribution in [0.25, 0.3) is 0 Å². The van der Waals surface area contributed by atoms with Crippen LogP contribution in [0.2, 0.25) is 0 Å². The zero-order chi connectivity index (χ0) is 3.41. The molecule has 0 atom stereocenters. The summed E-state index contributed by atoms with van der Waals surface area (Å²) in [5.74, 6) is 0. The normalized spacial score (nSPS) is 5.00. The van der Waals surface area contributed by atoms with Gasteiger partial charge in [-0.25, -0.2) is 6.61 Å². The molecule has 0 rings (SSSR count). The van der Waals surface area contributed by atoms with Crippen LogP contribution in [-0.2, 0) is 0 Å². The third-order valence-electron chi connectivity index (χ3n) is 0.183. The van der Waals surface area contributed by atoms with Gasteiger partial charge in [-0.2, -0.15) is 6.42 Å². The molecular weight excluding hydrogens is 88.3 g/mol. The molecule has 0 aromatic rings. The predicted molar refractivity (Wildman–Crippen MR) is 28.7 cm³/mol. The summed E-state index contributed by atoms with van der Waals surface area (Å²) in [5, 5.41) is 7.75. The molecule has 0 spiro atoms. The molecule has 0 aromatic carbocycles. The fourth-order valence-electron chi connectivity index (χ4n) is 0. The van der Waals surface area contributed by atoms with Crippen LogP contribution in [-0.4, -0.2) is 28.2 Å². The zero-order valence-electron chi connectivity index (χ0n) is 4.44. The van der Waals surface area contributed by atoms with E-state index < -0.39 is 0 Å². The van der Waals surface area contributed by atoms with Gasteiger partial charge in [0.05, 0.1) is 0 Å². The molecule has 1 N–H and O–H groups in total. The first-order valence-corrected chi connectivity index (χ1v) is 1.37. The Morgan fingerprint density at radius 3 is 1.83 bits per heavy atom. The Labute approximate surface area is 55.9 Å². The van der Waals surface area contributed by atoms with Gasteiger partial charge in [-0.05, 0) is 0 Å². The molecular formula is C4H10MgO. The van der Waals surface area contributed by atoms with E-state index in [-0.39, 0.29) is 30.5 Å². The maximum Gasteiger partial charge on any atom is 2.00 e. The van der Waals surface area contributed by atoms with Crippen LogP contribution in [0.3, 0.4) is 0 Å². The minimum absolute atomic E-state index is 0. The Morgan fingerprint density at radius 2 is 1.83 bits per heavy atom. The zero-order valence-corrected chi connectivity index (χ0v) is 5.85. The maximum absolute atomic E-state index is 7.75. The summed E-state index contributed by atoms with van der Waals surface area (Å²) in [4.78, 5) is 0. The van der Waals surface area contributed by atoms with Gasteiger partial charge in [-0.1, -0.05) is 6.92 Å². The van der Waals surface area contributed by atoms with E-state index in [4.69, 9.17) is 5.11 Å². The van der Waals surface area contributed by atoms with Crippen molar-refractivity contribution < 1.29 is 5.11 Å². The van der Waals surface area contributed by atoms with Gasteiger partial charge in [0.1, 0.15) is 0 Å². The first-order valence-electron chi connectivity index (χ1n) is 1.37. The number of aliphatic hydroxyl groups is 1. The molecule has 0 amide bonds. The molecule has 0 saturated carbocycles. The molecule has 0 saturated heterocycles. The minimum Gasteiger partial charge on any atom is -0.566 e. The summed E-state index contributed by atoms with van der Waals surface area (Å²) in [6.07, 6.45) is 0.750. The van der Waals surface area contributed by atoms with E-state index in [1.807, 2.05) is 6.92 Å². The fraction of sp³-hybridized carbons (Fsp3) is 0.500. The number of hydrogen-bond acceptors (Lipinski definition) is 1. The van der Waals surface area contributed by atoms with Crippen molar-refractivity contribution in [2.45, 2.75) is 13.3 Å². The first-order chi connectivity index (χ1) is 1.91. The Balaban J connectivity index is -0.0000000450. The van der Waals surface area contributed by atoms with E-state index in [1.54, 1.807) is 0 Å². The van der Waals surface area contributed by atoms with E-state index in [0.29, 0.717) is 0 Å². The molecule has 2 heteroatoms. The number of aliphatic hydroxyl groups excluding tert-OH is 1. The van der Waals surface area contributed by atoms with E-state index in [9.17, 15) is 0 Å². The Kier molecular flexibility index (Phi) is 45.6. The summed E-state index contributed by atoms with van der Waals surface area (Å²) in [7, 11) is 0. The van der Waals surface area contributed by atoms with Crippen molar-refractivity contribution in [2.24, 2.45) is 0 Å². The van der Waals surface area contributed by atoms with Gasteiger partial charge < -0.3 is 12.5 Å². The van der Waals surface area contributed by atoms with Crippen molar-refractivity contribution in [1.82, 2.24) is 0 Å². The Hall–Kier alpha value is 0.726. The summed E-state index contributed by atoms with van der Waals surface area (Å²) in [6.45, 7) is 3.00. The maximum atomic E-state index is 7.75. The second-order valence-electron chi connectivity index (χ2n) is 0.591. The molecule has 34 valence electrons. The Bertz CT molecular complexity index is 9.51. The molecule has 0 bridgehead atoms. The SMILES string of the molecule is CC[CH-]O.[CH3-].[Mg+2]. The first kappa shape index (κ1) is 15.9. The molecule has 0 radical (unpaired) electrons. The van der Waals surface area contributed by atoms with Gasteiger partial charge in [-0.15, -0.1) is 0 Å². The minimum atomic E-state index is 0. The van der Waals surface area contributed by atoms with Gasteiger partial charge in [0.25, 0.3) is 0 Å². The van der Waals surface area contributed by atoms with Gasteiger partial charge in [0.15, 0.2) is 0 Å². The Morgan fingerprint density at radius 1 is 1.67 bits per heavy atom. The molecule has 0 aliphatic heterocycles. The van der Waals surface area contributed by atoms with Crippen LogP contribution in [0.1, 0.15) is 13.3 Å². The van der Waals surface area contributed by atoms with Gasteiger partial charge in [0, 0.05) is 0 Å². The van der Waals surface area contributed by atoms with E-state index >= 15 is 0 Å². The van der Waals surface area contributed by atoms with Gasteiger partial charge >= 0.3 is 23.1 Å². The molecule has 0 unspecified atom stereocenters. The van der Waals surface area contributed by atoms with E-state index in [2.05, 4.69) is 0 Å². The molecule has 0 heterocycles. The van der Waals surface area contributed by atoms with E-state index in [1.165, 1.54) is 0 Å². The molecule has 0 aliphatic rings. The van der Waals surface area contributed by atoms with Crippen molar-refractivity contribution >= 4 is 23.1 Å². The predicted octanol–water partition coefficient (Wildman–Crippen LogP) is 1.00. The van der Waals surface area contributed by atoms with Crippen LogP contribution in [0.5, 0.6) is 0 Å². The quantitative estimate of drug-likeness (QED) is 0.383. The summed E-state index contributed by atoms with van der Waals surface area (Å²) in [6, 6.07) is 0. The summed E-state index contributed by atoms with van der Waals surface area (Å²) >= 11 is 0. The largest absolute Gasteiger partial charge is 2.00 e. The second-order valence-corrected chi connectivity index (χ2v) is 0.591. The third-order valence-corrected chi connectivity index (χ3v) is 0.183. The van der Waals surface area contributed by atoms with Crippen LogP contribution < -0.4 is 0 Å². The number of rotatable bonds is 1. The average Bonchev–Trinajstić information content (AvgIpc) is 1.37. The van der Waals surface area contributed by atoms with Crippen LogP contribution in [0.4, 0.5) is 0 Å². The smallest absolute Gasteiger partial charge is 0.566 e. The second kappa shape index (κ2) is 17.2. The van der Waals surface area contributed by atoms with Crippen LogP contribution >= 0.6 is 0 Å². The summed E-state index contributed by atoms with van der Waals surface area (Å²) in [5.41, 5.74) is 0. The number of hydrogen-bond donors (Lipinski definition) is 1. The van der Waals surface area contributed by atoms with Crippen molar-refractivity contribution in [2.75, 3.05) is 0 Å². The molecule has 6 heavy (non-hydrogen) atoms. The van der Waals surface area contributed by atoms with Crippen LogP contribution in [0, 0.1) is 14.0 Å². The third kappa shape index (κ3) is 22.0. The standard InChI is InChI=1S/C3H7O.CH3.Mg/c1-2-3-4;;/h3-4H,2H2,1H3;1H3;/q2*-1;+2. The molecule has 0 aliphatic carbocycles. The van der Waals surface area contributed by atoms with E-state index in [0.717, 1.165) is 13.0 Å². The summed E-state index contributed by atoms with van der Waals surface area (Å²) < 4.78 is 0. The topological polar surface area (TPSA) is 20.2 Å². The van der Waals surface area contributed by atoms with Crippen molar-refractivity contribution in [3.8, 4) is 0 Å². The van der Waals surface area contributed by atoms with Gasteiger partial charge in [0.2, 0.25) is 0 Å².